The first-order chi connectivity index (χ1) is 15.1. The normalized spacial score (nSPS) is 25.7. The summed E-state index contributed by atoms with van der Waals surface area (Å²) in [5, 5.41) is 17.7. The van der Waals surface area contributed by atoms with Crippen LogP contribution < -0.4 is 16.2 Å². The summed E-state index contributed by atoms with van der Waals surface area (Å²) in [5.74, 6) is 2.66. The van der Waals surface area contributed by atoms with Gasteiger partial charge in [0.25, 0.3) is 5.56 Å². The Bertz CT molecular complexity index is 1170. The number of nitrogens with one attached hydrogen (secondary N) is 2. The van der Waals surface area contributed by atoms with Crippen molar-refractivity contribution in [3.8, 4) is 0 Å². The van der Waals surface area contributed by atoms with Gasteiger partial charge in [-0.25, -0.2) is 9.97 Å². The molecular formula is C21H24N6O3S. The summed E-state index contributed by atoms with van der Waals surface area (Å²) < 4.78 is 13.2. The molecule has 1 saturated heterocycles. The SMILES string of the molecule is O=c1c2c(NC3CCC(O)CC3)nc(Nc3cnccn3)cc2ccn1C1CS(=O)C1. The van der Waals surface area contributed by atoms with Crippen molar-refractivity contribution in [1.29, 1.82) is 0 Å². The highest BCUT2D eigenvalue weighted by molar-refractivity contribution is 7.86. The molecule has 2 aliphatic rings. The molecule has 1 aliphatic heterocycles. The van der Waals surface area contributed by atoms with E-state index >= 15 is 0 Å². The summed E-state index contributed by atoms with van der Waals surface area (Å²) in [4.78, 5) is 26.4. The molecule has 31 heavy (non-hydrogen) atoms. The van der Waals surface area contributed by atoms with Crippen LogP contribution >= 0.6 is 0 Å². The molecule has 0 radical (unpaired) electrons. The molecule has 4 heterocycles. The van der Waals surface area contributed by atoms with Crippen LogP contribution in [0.3, 0.4) is 0 Å². The predicted octanol–water partition coefficient (Wildman–Crippen LogP) is 1.95. The van der Waals surface area contributed by atoms with Gasteiger partial charge in [-0.2, -0.15) is 0 Å². The molecule has 0 aromatic carbocycles. The fourth-order valence-electron chi connectivity index (χ4n) is 4.18. The first kappa shape index (κ1) is 20.1. The Hall–Kier alpha value is -2.85. The van der Waals surface area contributed by atoms with E-state index in [1.54, 1.807) is 29.4 Å². The molecule has 0 atom stereocenters. The summed E-state index contributed by atoms with van der Waals surface area (Å²) in [5.41, 5.74) is -0.129. The number of aromatic nitrogens is 4. The third-order valence-corrected chi connectivity index (χ3v) is 7.43. The van der Waals surface area contributed by atoms with Gasteiger partial charge in [0.1, 0.15) is 17.5 Å². The summed E-state index contributed by atoms with van der Waals surface area (Å²) in [6.45, 7) is 0. The second-order valence-corrected chi connectivity index (χ2v) is 9.69. The van der Waals surface area contributed by atoms with Crippen molar-refractivity contribution in [2.24, 2.45) is 0 Å². The molecular weight excluding hydrogens is 416 g/mol. The second-order valence-electron chi connectivity index (χ2n) is 8.14. The van der Waals surface area contributed by atoms with Crippen LogP contribution in [0.25, 0.3) is 10.8 Å². The third kappa shape index (κ3) is 4.17. The van der Waals surface area contributed by atoms with Gasteiger partial charge in [-0.15, -0.1) is 0 Å². The highest BCUT2D eigenvalue weighted by Gasteiger charge is 2.29. The van der Waals surface area contributed by atoms with E-state index in [0.29, 0.717) is 34.3 Å². The molecule has 3 aromatic heterocycles. The van der Waals surface area contributed by atoms with Crippen molar-refractivity contribution in [2.45, 2.75) is 43.9 Å². The van der Waals surface area contributed by atoms with Crippen LogP contribution in [0.15, 0.2) is 41.7 Å². The maximum absolute atomic E-state index is 13.4. The summed E-state index contributed by atoms with van der Waals surface area (Å²) >= 11 is 0. The maximum Gasteiger partial charge on any atom is 0.262 e. The van der Waals surface area contributed by atoms with Gasteiger partial charge in [0.15, 0.2) is 0 Å². The molecule has 3 aromatic rings. The van der Waals surface area contributed by atoms with Gasteiger partial charge in [0.05, 0.1) is 23.7 Å². The zero-order chi connectivity index (χ0) is 21.4. The zero-order valence-corrected chi connectivity index (χ0v) is 17.7. The molecule has 5 rings (SSSR count). The van der Waals surface area contributed by atoms with E-state index in [0.717, 1.165) is 31.1 Å². The van der Waals surface area contributed by atoms with Crippen molar-refractivity contribution in [2.75, 3.05) is 22.1 Å². The van der Waals surface area contributed by atoms with Crippen molar-refractivity contribution in [3.63, 3.8) is 0 Å². The molecule has 10 heteroatoms. The van der Waals surface area contributed by atoms with E-state index in [2.05, 4.69) is 20.6 Å². The Kier molecular flexibility index (Phi) is 5.41. The number of aliphatic hydroxyl groups is 1. The lowest BCUT2D eigenvalue weighted by Crippen LogP contribution is -2.39. The van der Waals surface area contributed by atoms with E-state index < -0.39 is 10.8 Å². The van der Waals surface area contributed by atoms with Crippen molar-refractivity contribution in [3.05, 3.63) is 47.3 Å². The molecule has 2 fully saturated rings. The summed E-state index contributed by atoms with van der Waals surface area (Å²) in [6.07, 6.45) is 9.40. The lowest BCUT2D eigenvalue weighted by Gasteiger charge is -2.28. The monoisotopic (exact) mass is 440 g/mol. The minimum Gasteiger partial charge on any atom is -0.393 e. The number of hydrogen-bond donors (Lipinski definition) is 3. The molecule has 0 amide bonds. The fourth-order valence-corrected chi connectivity index (χ4v) is 5.27. The molecule has 9 nitrogen and oxygen atoms in total. The Balaban J connectivity index is 1.55. The van der Waals surface area contributed by atoms with Gasteiger partial charge in [-0.05, 0) is 43.2 Å². The Labute approximate surface area is 181 Å². The van der Waals surface area contributed by atoms with Gasteiger partial charge >= 0.3 is 0 Å². The zero-order valence-electron chi connectivity index (χ0n) is 16.9. The number of pyridine rings is 2. The van der Waals surface area contributed by atoms with Crippen molar-refractivity contribution in [1.82, 2.24) is 19.5 Å². The molecule has 1 aliphatic carbocycles. The third-order valence-electron chi connectivity index (χ3n) is 5.92. The average molecular weight is 441 g/mol. The Morgan fingerprint density at radius 1 is 1.13 bits per heavy atom. The number of fused-ring (bicyclic) bond motifs is 1. The van der Waals surface area contributed by atoms with E-state index in [-0.39, 0.29) is 23.7 Å². The van der Waals surface area contributed by atoms with Gasteiger partial charge in [0, 0.05) is 46.9 Å². The van der Waals surface area contributed by atoms with Crippen LogP contribution in [0.4, 0.5) is 17.5 Å². The number of nitrogens with zero attached hydrogens (tertiary/aromatic N) is 4. The highest BCUT2D eigenvalue weighted by Crippen LogP contribution is 2.28. The van der Waals surface area contributed by atoms with Crippen molar-refractivity contribution >= 4 is 39.0 Å². The largest absolute Gasteiger partial charge is 0.393 e. The van der Waals surface area contributed by atoms with E-state index in [1.807, 2.05) is 12.1 Å². The quantitative estimate of drug-likeness (QED) is 0.550. The molecule has 0 bridgehead atoms. The van der Waals surface area contributed by atoms with Crippen LogP contribution in [0.5, 0.6) is 0 Å². The lowest BCUT2D eigenvalue weighted by molar-refractivity contribution is 0.126. The Morgan fingerprint density at radius 2 is 1.94 bits per heavy atom. The van der Waals surface area contributed by atoms with Crippen LogP contribution in [0.1, 0.15) is 31.7 Å². The second kappa shape index (κ2) is 8.35. The predicted molar refractivity (Wildman–Crippen MR) is 120 cm³/mol. The number of aliphatic hydroxyl groups excluding tert-OH is 1. The smallest absolute Gasteiger partial charge is 0.262 e. The van der Waals surface area contributed by atoms with Crippen molar-refractivity contribution < 1.29 is 9.32 Å². The average Bonchev–Trinajstić information content (AvgIpc) is 2.74. The van der Waals surface area contributed by atoms with Crippen LogP contribution in [0.2, 0.25) is 0 Å². The topological polar surface area (TPSA) is 122 Å². The maximum atomic E-state index is 13.4. The fraction of sp³-hybridized carbons (Fsp3) is 0.429. The first-order valence-electron chi connectivity index (χ1n) is 10.5. The van der Waals surface area contributed by atoms with E-state index in [4.69, 9.17) is 4.98 Å². The standard InChI is InChI=1S/C21H24N6O3S/c28-16-3-1-14(2-4-16)24-20-19-13(5-8-27(21(19)29)15-11-31(30)12-15)9-17(26-20)25-18-10-22-6-7-23-18/h5-10,14-16,28H,1-4,11-12H2,(H2,23,24,25,26). The summed E-state index contributed by atoms with van der Waals surface area (Å²) in [7, 11) is -0.843. The van der Waals surface area contributed by atoms with Crippen LogP contribution in [0, 0.1) is 0 Å². The Morgan fingerprint density at radius 3 is 2.65 bits per heavy atom. The summed E-state index contributed by atoms with van der Waals surface area (Å²) in [6, 6.07) is 3.82. The van der Waals surface area contributed by atoms with E-state index in [9.17, 15) is 14.1 Å². The van der Waals surface area contributed by atoms with Crippen LogP contribution in [-0.2, 0) is 10.8 Å². The van der Waals surface area contributed by atoms with Gasteiger partial charge in [-0.1, -0.05) is 0 Å². The first-order valence-corrected chi connectivity index (χ1v) is 11.9. The molecule has 162 valence electrons. The molecule has 0 spiro atoms. The number of anilines is 3. The van der Waals surface area contributed by atoms with Gasteiger partial charge < -0.3 is 20.3 Å². The van der Waals surface area contributed by atoms with Gasteiger partial charge in [0.2, 0.25) is 0 Å². The molecule has 0 unspecified atom stereocenters. The molecule has 1 saturated carbocycles. The number of rotatable bonds is 5. The lowest BCUT2D eigenvalue weighted by atomic mass is 9.93. The van der Waals surface area contributed by atoms with Crippen LogP contribution in [-0.4, -0.2) is 52.5 Å². The number of hydrogen-bond acceptors (Lipinski definition) is 8. The van der Waals surface area contributed by atoms with Gasteiger partial charge in [-0.3, -0.25) is 14.0 Å². The minimum absolute atomic E-state index is 0.0344. The highest BCUT2D eigenvalue weighted by atomic mass is 32.2. The minimum atomic E-state index is -0.843. The molecule has 3 N–H and O–H groups in total. The van der Waals surface area contributed by atoms with E-state index in [1.165, 1.54) is 0 Å².